The molecule has 2 N–H and O–H groups in total. The van der Waals surface area contributed by atoms with Crippen LogP contribution in [0.1, 0.15) is 25.3 Å². The number of aliphatic hydroxyl groups is 1. The van der Waals surface area contributed by atoms with Crippen molar-refractivity contribution in [2.24, 2.45) is 0 Å². The molecule has 0 aliphatic carbocycles. The average molecular weight is 254 g/mol. The number of rotatable bonds is 5. The highest BCUT2D eigenvalue weighted by molar-refractivity contribution is 5.97. The first-order chi connectivity index (χ1) is 9.22. The largest absolute Gasteiger partial charge is 0.393 e. The molecule has 1 unspecified atom stereocenters. The van der Waals surface area contributed by atoms with Crippen LogP contribution in [0, 0.1) is 11.3 Å². The molecule has 0 fully saturated rings. The lowest BCUT2D eigenvalue weighted by Gasteiger charge is -2.11. The van der Waals surface area contributed by atoms with Crippen molar-refractivity contribution in [2.75, 3.05) is 11.9 Å². The Labute approximate surface area is 113 Å². The number of nitrogens with one attached hydrogen (secondary N) is 1. The molecule has 0 spiro atoms. The molecule has 2 rings (SSSR count). The number of anilines is 1. The van der Waals surface area contributed by atoms with Gasteiger partial charge in [-0.25, -0.2) is 0 Å². The lowest BCUT2D eigenvalue weighted by Crippen LogP contribution is -2.06. The third-order valence-electron chi connectivity index (χ3n) is 3.16. The monoisotopic (exact) mass is 254 g/mol. The molecule has 98 valence electrons. The average Bonchev–Trinajstić information content (AvgIpc) is 2.43. The van der Waals surface area contributed by atoms with E-state index in [1.807, 2.05) is 36.4 Å². The van der Waals surface area contributed by atoms with E-state index in [1.54, 1.807) is 6.92 Å². The van der Waals surface area contributed by atoms with Crippen LogP contribution in [0.4, 0.5) is 5.69 Å². The van der Waals surface area contributed by atoms with Gasteiger partial charge in [0.25, 0.3) is 0 Å². The van der Waals surface area contributed by atoms with Crippen LogP contribution in [0.3, 0.4) is 0 Å². The summed E-state index contributed by atoms with van der Waals surface area (Å²) >= 11 is 0. The van der Waals surface area contributed by atoms with Crippen molar-refractivity contribution in [3.05, 3.63) is 42.0 Å². The predicted octanol–water partition coefficient (Wildman–Crippen LogP) is 3.28. The summed E-state index contributed by atoms with van der Waals surface area (Å²) in [7, 11) is 0. The Morgan fingerprint density at radius 3 is 2.63 bits per heavy atom. The van der Waals surface area contributed by atoms with Crippen LogP contribution >= 0.6 is 0 Å². The van der Waals surface area contributed by atoms with Gasteiger partial charge in [0.05, 0.1) is 17.7 Å². The van der Waals surface area contributed by atoms with Gasteiger partial charge in [-0.1, -0.05) is 24.3 Å². The van der Waals surface area contributed by atoms with Crippen LogP contribution in [0.2, 0.25) is 0 Å². The van der Waals surface area contributed by atoms with Crippen molar-refractivity contribution in [3.63, 3.8) is 0 Å². The van der Waals surface area contributed by atoms with Crippen molar-refractivity contribution < 1.29 is 5.11 Å². The third-order valence-corrected chi connectivity index (χ3v) is 3.16. The fourth-order valence-electron chi connectivity index (χ4n) is 2.17. The minimum Gasteiger partial charge on any atom is -0.393 e. The van der Waals surface area contributed by atoms with Gasteiger partial charge in [-0.15, -0.1) is 0 Å². The van der Waals surface area contributed by atoms with E-state index in [4.69, 9.17) is 5.26 Å². The number of benzene rings is 2. The highest BCUT2D eigenvalue weighted by atomic mass is 16.3. The molecule has 0 saturated carbocycles. The maximum Gasteiger partial charge on any atom is 0.0998 e. The zero-order valence-electron chi connectivity index (χ0n) is 11.1. The number of fused-ring (bicyclic) bond motifs is 1. The zero-order valence-corrected chi connectivity index (χ0v) is 11.1. The standard InChI is InChI=1S/C16H18N2O/c1-12(19)5-4-10-18-16-9-8-13(11-17)14-6-2-3-7-15(14)16/h2-3,6-9,12,18-19H,4-5,10H2,1H3. The molecule has 0 radical (unpaired) electrons. The van der Waals surface area contributed by atoms with Crippen molar-refractivity contribution in [1.82, 2.24) is 0 Å². The second-order valence-corrected chi connectivity index (χ2v) is 4.74. The van der Waals surface area contributed by atoms with Gasteiger partial charge in [0.2, 0.25) is 0 Å². The smallest absolute Gasteiger partial charge is 0.0998 e. The molecule has 0 bridgehead atoms. The summed E-state index contributed by atoms with van der Waals surface area (Å²) in [6, 6.07) is 13.9. The number of hydrogen-bond donors (Lipinski definition) is 2. The van der Waals surface area contributed by atoms with Crippen molar-refractivity contribution in [3.8, 4) is 6.07 Å². The second-order valence-electron chi connectivity index (χ2n) is 4.74. The maximum atomic E-state index is 9.23. The van der Waals surface area contributed by atoms with Crippen LogP contribution in [0.5, 0.6) is 0 Å². The molecule has 1 atom stereocenters. The minimum absolute atomic E-state index is 0.250. The molecule has 3 heteroatoms. The maximum absolute atomic E-state index is 9.23. The Bertz CT molecular complexity index is 599. The Hall–Kier alpha value is -2.05. The van der Waals surface area contributed by atoms with E-state index in [0.29, 0.717) is 5.56 Å². The summed E-state index contributed by atoms with van der Waals surface area (Å²) in [5.41, 5.74) is 1.74. The van der Waals surface area contributed by atoms with E-state index in [2.05, 4.69) is 11.4 Å². The summed E-state index contributed by atoms with van der Waals surface area (Å²) in [5.74, 6) is 0. The summed E-state index contributed by atoms with van der Waals surface area (Å²) in [6.45, 7) is 2.62. The molecule has 2 aromatic rings. The lowest BCUT2D eigenvalue weighted by atomic mass is 10.0. The molecule has 0 amide bonds. The van der Waals surface area contributed by atoms with E-state index in [0.717, 1.165) is 35.8 Å². The zero-order chi connectivity index (χ0) is 13.7. The molecule has 0 heterocycles. The summed E-state index contributed by atoms with van der Waals surface area (Å²) in [5, 5.41) is 23.7. The van der Waals surface area contributed by atoms with Crippen LogP contribution < -0.4 is 5.32 Å². The molecule has 2 aromatic carbocycles. The minimum atomic E-state index is -0.250. The second kappa shape index (κ2) is 6.21. The van der Waals surface area contributed by atoms with E-state index in [1.165, 1.54) is 0 Å². The highest BCUT2D eigenvalue weighted by Crippen LogP contribution is 2.26. The molecule has 0 saturated heterocycles. The van der Waals surface area contributed by atoms with Gasteiger partial charge in [0.1, 0.15) is 0 Å². The summed E-state index contributed by atoms with van der Waals surface area (Å²) in [4.78, 5) is 0. The lowest BCUT2D eigenvalue weighted by molar-refractivity contribution is 0.183. The fourth-order valence-corrected chi connectivity index (χ4v) is 2.17. The summed E-state index contributed by atoms with van der Waals surface area (Å²) < 4.78 is 0. The quantitative estimate of drug-likeness (QED) is 0.805. The van der Waals surface area contributed by atoms with Gasteiger partial charge in [-0.2, -0.15) is 5.26 Å². The molecular formula is C16H18N2O. The van der Waals surface area contributed by atoms with Gasteiger partial charge >= 0.3 is 0 Å². The first kappa shape index (κ1) is 13.4. The van der Waals surface area contributed by atoms with E-state index in [-0.39, 0.29) is 6.10 Å². The number of aliphatic hydroxyl groups excluding tert-OH is 1. The predicted molar refractivity (Wildman–Crippen MR) is 78.1 cm³/mol. The van der Waals surface area contributed by atoms with Gasteiger partial charge in [0, 0.05) is 23.0 Å². The summed E-state index contributed by atoms with van der Waals surface area (Å²) in [6.07, 6.45) is 1.47. The number of hydrogen-bond acceptors (Lipinski definition) is 3. The van der Waals surface area contributed by atoms with Crippen LogP contribution in [-0.2, 0) is 0 Å². The molecule has 0 aliphatic heterocycles. The SMILES string of the molecule is CC(O)CCCNc1ccc(C#N)c2ccccc12. The normalized spacial score (nSPS) is 12.1. The Balaban J connectivity index is 2.18. The Morgan fingerprint density at radius 2 is 1.95 bits per heavy atom. The molecule has 0 aromatic heterocycles. The fraction of sp³-hybridized carbons (Fsp3) is 0.312. The third kappa shape index (κ3) is 3.24. The molecular weight excluding hydrogens is 236 g/mol. The number of nitriles is 1. The number of nitrogens with zero attached hydrogens (tertiary/aromatic N) is 1. The Morgan fingerprint density at radius 1 is 1.21 bits per heavy atom. The first-order valence-corrected chi connectivity index (χ1v) is 6.56. The van der Waals surface area contributed by atoms with Crippen molar-refractivity contribution >= 4 is 16.5 Å². The molecule has 3 nitrogen and oxygen atoms in total. The van der Waals surface area contributed by atoms with Crippen LogP contribution in [-0.4, -0.2) is 17.8 Å². The van der Waals surface area contributed by atoms with E-state index in [9.17, 15) is 5.11 Å². The van der Waals surface area contributed by atoms with Gasteiger partial charge in [-0.3, -0.25) is 0 Å². The first-order valence-electron chi connectivity index (χ1n) is 6.56. The Kier molecular flexibility index (Phi) is 4.38. The topological polar surface area (TPSA) is 56.0 Å². The van der Waals surface area contributed by atoms with Crippen LogP contribution in [0.25, 0.3) is 10.8 Å². The van der Waals surface area contributed by atoms with Crippen LogP contribution in [0.15, 0.2) is 36.4 Å². The van der Waals surface area contributed by atoms with Gasteiger partial charge < -0.3 is 10.4 Å². The van der Waals surface area contributed by atoms with E-state index >= 15 is 0 Å². The van der Waals surface area contributed by atoms with Crippen molar-refractivity contribution in [2.45, 2.75) is 25.9 Å². The van der Waals surface area contributed by atoms with Gasteiger partial charge in [0.15, 0.2) is 0 Å². The highest BCUT2D eigenvalue weighted by Gasteiger charge is 2.04. The molecule has 0 aliphatic rings. The van der Waals surface area contributed by atoms with Crippen molar-refractivity contribution in [1.29, 1.82) is 5.26 Å². The van der Waals surface area contributed by atoms with E-state index < -0.39 is 0 Å². The molecule has 19 heavy (non-hydrogen) atoms. The van der Waals surface area contributed by atoms with Gasteiger partial charge in [-0.05, 0) is 31.9 Å².